The summed E-state index contributed by atoms with van der Waals surface area (Å²) in [6.07, 6.45) is 4.90. The molecule has 3 nitrogen and oxygen atoms in total. The minimum absolute atomic E-state index is 0.219. The second-order valence-electron chi connectivity index (χ2n) is 6.21. The molecule has 1 fully saturated rings. The van der Waals surface area contributed by atoms with Crippen LogP contribution in [0.25, 0.3) is 0 Å². The van der Waals surface area contributed by atoms with Gasteiger partial charge in [-0.3, -0.25) is 0 Å². The molecule has 1 aromatic carbocycles. The molecular formula is C17H26ClNO2. The number of hydrogen-bond acceptors (Lipinski definition) is 3. The molecule has 4 heteroatoms. The highest BCUT2D eigenvalue weighted by Gasteiger charge is 2.40. The first-order valence-electron chi connectivity index (χ1n) is 7.78. The molecular weight excluding hydrogens is 286 g/mol. The maximum absolute atomic E-state index is 10.9. The van der Waals surface area contributed by atoms with Gasteiger partial charge in [0.05, 0.1) is 18.2 Å². The van der Waals surface area contributed by atoms with Crippen molar-refractivity contribution < 1.29 is 9.84 Å². The van der Waals surface area contributed by atoms with Crippen LogP contribution >= 0.6 is 11.6 Å². The van der Waals surface area contributed by atoms with E-state index in [2.05, 4.69) is 6.92 Å². The van der Waals surface area contributed by atoms with Crippen LogP contribution in [0.1, 0.15) is 50.7 Å². The molecule has 0 spiro atoms. The van der Waals surface area contributed by atoms with Gasteiger partial charge in [0, 0.05) is 12.0 Å². The van der Waals surface area contributed by atoms with Gasteiger partial charge in [0.1, 0.15) is 5.75 Å². The Hall–Kier alpha value is -0.770. The minimum atomic E-state index is -0.566. The van der Waals surface area contributed by atoms with E-state index in [-0.39, 0.29) is 5.41 Å². The fourth-order valence-corrected chi connectivity index (χ4v) is 3.72. The second-order valence-corrected chi connectivity index (χ2v) is 6.62. The summed E-state index contributed by atoms with van der Waals surface area (Å²) in [4.78, 5) is 0. The Balaban J connectivity index is 2.20. The Morgan fingerprint density at radius 3 is 2.57 bits per heavy atom. The molecule has 1 unspecified atom stereocenters. The van der Waals surface area contributed by atoms with Gasteiger partial charge in [-0.05, 0) is 49.3 Å². The third-order valence-corrected chi connectivity index (χ3v) is 5.45. The van der Waals surface area contributed by atoms with Crippen molar-refractivity contribution in [3.63, 3.8) is 0 Å². The van der Waals surface area contributed by atoms with Crippen LogP contribution in [0, 0.1) is 11.3 Å². The molecule has 21 heavy (non-hydrogen) atoms. The lowest BCUT2D eigenvalue weighted by atomic mass is 9.65. The van der Waals surface area contributed by atoms with Crippen LogP contribution < -0.4 is 10.5 Å². The summed E-state index contributed by atoms with van der Waals surface area (Å²) < 4.78 is 5.17. The van der Waals surface area contributed by atoms with Crippen LogP contribution in [0.4, 0.5) is 0 Å². The van der Waals surface area contributed by atoms with Crippen molar-refractivity contribution in [2.24, 2.45) is 17.1 Å². The summed E-state index contributed by atoms with van der Waals surface area (Å²) in [5, 5.41) is 11.4. The molecule has 1 saturated carbocycles. The fourth-order valence-electron chi connectivity index (χ4n) is 3.46. The van der Waals surface area contributed by atoms with Crippen molar-refractivity contribution in [2.45, 2.75) is 45.1 Å². The molecule has 118 valence electrons. The maximum Gasteiger partial charge on any atom is 0.137 e. The average Bonchev–Trinajstić information content (AvgIpc) is 2.54. The molecule has 1 atom stereocenters. The summed E-state index contributed by atoms with van der Waals surface area (Å²) in [7, 11) is 1.59. The van der Waals surface area contributed by atoms with Crippen LogP contribution in [-0.4, -0.2) is 18.8 Å². The minimum Gasteiger partial charge on any atom is -0.495 e. The van der Waals surface area contributed by atoms with Crippen LogP contribution in [0.3, 0.4) is 0 Å². The van der Waals surface area contributed by atoms with E-state index < -0.39 is 6.10 Å². The number of methoxy groups -OCH3 is 1. The molecule has 0 amide bonds. The monoisotopic (exact) mass is 311 g/mol. The van der Waals surface area contributed by atoms with Crippen molar-refractivity contribution in [1.82, 2.24) is 0 Å². The summed E-state index contributed by atoms with van der Waals surface area (Å²) in [6.45, 7) is 2.74. The summed E-state index contributed by atoms with van der Waals surface area (Å²) >= 11 is 6.18. The van der Waals surface area contributed by atoms with E-state index in [1.54, 1.807) is 13.2 Å². The van der Waals surface area contributed by atoms with E-state index in [0.29, 0.717) is 17.3 Å². The average molecular weight is 312 g/mol. The lowest BCUT2D eigenvalue weighted by Gasteiger charge is -2.43. The van der Waals surface area contributed by atoms with E-state index in [9.17, 15) is 5.11 Å². The Kier molecular flexibility index (Phi) is 5.53. The Bertz CT molecular complexity index is 470. The van der Waals surface area contributed by atoms with Crippen molar-refractivity contribution in [2.75, 3.05) is 13.7 Å². The number of rotatable bonds is 5. The number of aliphatic hydroxyl groups is 1. The van der Waals surface area contributed by atoms with Gasteiger partial charge in [0.25, 0.3) is 0 Å². The lowest BCUT2D eigenvalue weighted by molar-refractivity contribution is -0.0103. The van der Waals surface area contributed by atoms with Crippen LogP contribution in [0.15, 0.2) is 18.2 Å². The molecule has 2 rings (SSSR count). The number of benzene rings is 1. The number of ether oxygens (including phenoxy) is 1. The van der Waals surface area contributed by atoms with E-state index in [4.69, 9.17) is 22.1 Å². The summed E-state index contributed by atoms with van der Waals surface area (Å²) in [6, 6.07) is 5.50. The van der Waals surface area contributed by atoms with Crippen LogP contribution in [0.2, 0.25) is 5.02 Å². The highest BCUT2D eigenvalue weighted by molar-refractivity contribution is 6.32. The van der Waals surface area contributed by atoms with E-state index in [1.807, 2.05) is 12.1 Å². The third kappa shape index (κ3) is 3.36. The van der Waals surface area contributed by atoms with Gasteiger partial charge in [0.2, 0.25) is 0 Å². The molecule has 1 aliphatic rings. The van der Waals surface area contributed by atoms with E-state index >= 15 is 0 Å². The van der Waals surface area contributed by atoms with Crippen molar-refractivity contribution in [3.8, 4) is 5.75 Å². The quantitative estimate of drug-likeness (QED) is 0.866. The van der Waals surface area contributed by atoms with Gasteiger partial charge >= 0.3 is 0 Å². The van der Waals surface area contributed by atoms with Crippen LogP contribution in [0.5, 0.6) is 5.75 Å². The van der Waals surface area contributed by atoms with Crippen molar-refractivity contribution in [1.29, 1.82) is 0 Å². The normalized spacial score (nSPS) is 27.4. The second kappa shape index (κ2) is 6.99. The topological polar surface area (TPSA) is 55.5 Å². The molecule has 1 aromatic rings. The fraction of sp³-hybridized carbons (Fsp3) is 0.647. The molecule has 0 heterocycles. The molecule has 0 aliphatic heterocycles. The standard InChI is InChI=1S/C17H26ClNO2/c1-3-12-6-8-17(11-19,9-7-12)16(20)13-4-5-15(21-2)14(18)10-13/h4-5,10,12,16,20H,3,6-9,11,19H2,1-2H3. The van der Waals surface area contributed by atoms with Crippen molar-refractivity contribution in [3.05, 3.63) is 28.8 Å². The smallest absolute Gasteiger partial charge is 0.137 e. The molecule has 3 N–H and O–H groups in total. The molecule has 0 bridgehead atoms. The number of halogens is 1. The Labute approximate surface area is 132 Å². The Morgan fingerprint density at radius 2 is 2.10 bits per heavy atom. The molecule has 1 aliphatic carbocycles. The van der Waals surface area contributed by atoms with Gasteiger partial charge in [0.15, 0.2) is 0 Å². The molecule has 0 saturated heterocycles. The Morgan fingerprint density at radius 1 is 1.43 bits per heavy atom. The molecule has 0 aromatic heterocycles. The first-order valence-corrected chi connectivity index (χ1v) is 8.15. The van der Waals surface area contributed by atoms with Crippen molar-refractivity contribution >= 4 is 11.6 Å². The summed E-state index contributed by atoms with van der Waals surface area (Å²) in [5.74, 6) is 1.40. The zero-order chi connectivity index (χ0) is 15.5. The summed E-state index contributed by atoms with van der Waals surface area (Å²) in [5.41, 5.74) is 6.66. The first-order chi connectivity index (χ1) is 10.1. The highest BCUT2D eigenvalue weighted by Crippen LogP contribution is 2.48. The number of nitrogens with two attached hydrogens (primary N) is 1. The SMILES string of the molecule is CCC1CCC(CN)(C(O)c2ccc(OC)c(Cl)c2)CC1. The maximum atomic E-state index is 10.9. The lowest BCUT2D eigenvalue weighted by Crippen LogP contribution is -2.40. The predicted molar refractivity (Wildman–Crippen MR) is 86.7 cm³/mol. The van der Waals surface area contributed by atoms with Gasteiger partial charge in [-0.2, -0.15) is 0 Å². The van der Waals surface area contributed by atoms with Gasteiger partial charge in [-0.25, -0.2) is 0 Å². The number of aliphatic hydroxyl groups excluding tert-OH is 1. The number of hydrogen-bond donors (Lipinski definition) is 2. The van der Waals surface area contributed by atoms with E-state index in [1.165, 1.54) is 6.42 Å². The zero-order valence-electron chi connectivity index (χ0n) is 12.9. The third-order valence-electron chi connectivity index (χ3n) is 5.16. The zero-order valence-corrected chi connectivity index (χ0v) is 13.7. The molecule has 0 radical (unpaired) electrons. The van der Waals surface area contributed by atoms with Gasteiger partial charge in [-0.1, -0.05) is 31.0 Å². The predicted octanol–water partition coefficient (Wildman–Crippen LogP) is 3.93. The van der Waals surface area contributed by atoms with Gasteiger partial charge < -0.3 is 15.6 Å². The van der Waals surface area contributed by atoms with E-state index in [0.717, 1.165) is 37.2 Å². The van der Waals surface area contributed by atoms with Gasteiger partial charge in [-0.15, -0.1) is 0 Å². The largest absolute Gasteiger partial charge is 0.495 e. The van der Waals surface area contributed by atoms with Crippen LogP contribution in [-0.2, 0) is 0 Å². The highest BCUT2D eigenvalue weighted by atomic mass is 35.5. The first kappa shape index (κ1) is 16.6.